The molecule has 1 rings (SSSR count). The van der Waals surface area contributed by atoms with Crippen LogP contribution in [-0.2, 0) is 19.1 Å². The highest BCUT2D eigenvalue weighted by Gasteiger charge is 2.44. The number of ether oxygens (including phenoxy) is 1. The van der Waals surface area contributed by atoms with Gasteiger partial charge in [-0.25, -0.2) is 0 Å². The van der Waals surface area contributed by atoms with Crippen molar-refractivity contribution in [2.24, 2.45) is 5.92 Å². The quantitative estimate of drug-likeness (QED) is 0.446. The number of hydrogen-bond acceptors (Lipinski definition) is 4. The van der Waals surface area contributed by atoms with Crippen LogP contribution in [0.3, 0.4) is 0 Å². The molecule has 0 aromatic carbocycles. The normalized spacial score (nSPS) is 27.1. The van der Waals surface area contributed by atoms with Crippen LogP contribution in [0.1, 0.15) is 13.3 Å². The highest BCUT2D eigenvalue weighted by molar-refractivity contribution is 5.88. The molecule has 1 heterocycles. The Morgan fingerprint density at radius 1 is 1.79 bits per heavy atom. The smallest absolute Gasteiger partial charge is 0.305 e. The van der Waals surface area contributed by atoms with Crippen LogP contribution in [0.15, 0.2) is 0 Å². The van der Waals surface area contributed by atoms with Crippen LogP contribution in [-0.4, -0.2) is 35.6 Å². The van der Waals surface area contributed by atoms with Gasteiger partial charge in [0.25, 0.3) is 6.47 Å². The molecule has 0 aromatic rings. The van der Waals surface area contributed by atoms with Crippen molar-refractivity contribution in [3.8, 4) is 0 Å². The molecule has 6 heteroatoms. The molecule has 1 fully saturated rings. The number of aliphatic carboxylic acids is 1. The third-order valence-electron chi connectivity index (χ3n) is 2.23. The van der Waals surface area contributed by atoms with Crippen molar-refractivity contribution in [3.63, 3.8) is 0 Å². The Bertz CT molecular complexity index is 264. The van der Waals surface area contributed by atoms with Gasteiger partial charge in [0.05, 0.1) is 18.4 Å². The zero-order valence-electron chi connectivity index (χ0n) is 7.60. The summed E-state index contributed by atoms with van der Waals surface area (Å²) in [6.07, 6.45) is -0.728. The van der Waals surface area contributed by atoms with Gasteiger partial charge >= 0.3 is 5.97 Å². The van der Waals surface area contributed by atoms with Crippen LogP contribution >= 0.6 is 0 Å². The molecular formula is C8H11NO5. The molecule has 6 nitrogen and oxygen atoms in total. The molecule has 1 amide bonds. The molecule has 0 saturated carbocycles. The molecule has 3 unspecified atom stereocenters. The van der Waals surface area contributed by atoms with Crippen molar-refractivity contribution in [1.82, 2.24) is 5.32 Å². The van der Waals surface area contributed by atoms with Crippen LogP contribution in [0, 0.1) is 5.92 Å². The lowest BCUT2D eigenvalue weighted by Gasteiger charge is -2.38. The first-order valence-electron chi connectivity index (χ1n) is 4.17. The minimum absolute atomic E-state index is 0.150. The van der Waals surface area contributed by atoms with E-state index in [2.05, 4.69) is 10.1 Å². The standard InChI is InChI=1S/C8H11NO5/c1-4(14-3-10)7-5(2-6(11)12)9-8(7)13/h3-5,7H,2H2,1H3,(H,9,13)(H,11,12). The van der Waals surface area contributed by atoms with E-state index in [9.17, 15) is 14.4 Å². The molecule has 2 N–H and O–H groups in total. The number of carbonyl (C=O) groups excluding carboxylic acids is 2. The Balaban J connectivity index is 2.52. The Labute approximate surface area is 80.2 Å². The second kappa shape index (κ2) is 4.08. The Kier molecular flexibility index (Phi) is 3.06. The van der Waals surface area contributed by atoms with Gasteiger partial charge in [0.2, 0.25) is 5.91 Å². The predicted octanol–water partition coefficient (Wildman–Crippen LogP) is -0.863. The fourth-order valence-electron chi connectivity index (χ4n) is 1.53. The van der Waals surface area contributed by atoms with Gasteiger partial charge in [0.1, 0.15) is 6.10 Å². The Morgan fingerprint density at radius 2 is 2.43 bits per heavy atom. The van der Waals surface area contributed by atoms with Crippen molar-refractivity contribution in [2.75, 3.05) is 0 Å². The number of carbonyl (C=O) groups is 3. The Hall–Kier alpha value is -1.59. The molecule has 3 atom stereocenters. The first-order valence-corrected chi connectivity index (χ1v) is 4.17. The van der Waals surface area contributed by atoms with Crippen molar-refractivity contribution in [3.05, 3.63) is 0 Å². The number of hydrogen-bond donors (Lipinski definition) is 2. The molecule has 1 aliphatic heterocycles. The first-order chi connectivity index (χ1) is 6.56. The van der Waals surface area contributed by atoms with Gasteiger partial charge in [0.15, 0.2) is 0 Å². The van der Waals surface area contributed by atoms with Gasteiger partial charge < -0.3 is 15.2 Å². The van der Waals surface area contributed by atoms with Crippen LogP contribution < -0.4 is 5.32 Å². The number of amides is 1. The minimum Gasteiger partial charge on any atom is -0.481 e. The van der Waals surface area contributed by atoms with E-state index in [-0.39, 0.29) is 18.8 Å². The molecule has 0 radical (unpaired) electrons. The van der Waals surface area contributed by atoms with Crippen LogP contribution in [0.2, 0.25) is 0 Å². The van der Waals surface area contributed by atoms with Crippen molar-refractivity contribution in [2.45, 2.75) is 25.5 Å². The van der Waals surface area contributed by atoms with E-state index in [0.29, 0.717) is 0 Å². The highest BCUT2D eigenvalue weighted by atomic mass is 16.5. The highest BCUT2D eigenvalue weighted by Crippen LogP contribution is 2.23. The van der Waals surface area contributed by atoms with Gasteiger partial charge in [0, 0.05) is 0 Å². The summed E-state index contributed by atoms with van der Waals surface area (Å²) in [7, 11) is 0. The number of nitrogens with one attached hydrogen (secondary N) is 1. The third kappa shape index (κ3) is 2.01. The lowest BCUT2D eigenvalue weighted by atomic mass is 9.84. The van der Waals surface area contributed by atoms with E-state index < -0.39 is 24.0 Å². The molecule has 14 heavy (non-hydrogen) atoms. The SMILES string of the molecule is CC(OC=O)C1C(=O)NC1CC(=O)O. The van der Waals surface area contributed by atoms with E-state index in [1.165, 1.54) is 0 Å². The lowest BCUT2D eigenvalue weighted by molar-refractivity contribution is -0.151. The van der Waals surface area contributed by atoms with Gasteiger partial charge in [-0.05, 0) is 6.92 Å². The Morgan fingerprint density at radius 3 is 2.86 bits per heavy atom. The maximum absolute atomic E-state index is 11.0. The van der Waals surface area contributed by atoms with Crippen molar-refractivity contribution in [1.29, 1.82) is 0 Å². The van der Waals surface area contributed by atoms with Crippen molar-refractivity contribution < 1.29 is 24.2 Å². The number of carboxylic acids is 1. The monoisotopic (exact) mass is 201 g/mol. The fraction of sp³-hybridized carbons (Fsp3) is 0.625. The first kappa shape index (κ1) is 10.5. The van der Waals surface area contributed by atoms with Crippen LogP contribution in [0.4, 0.5) is 0 Å². The largest absolute Gasteiger partial charge is 0.481 e. The zero-order valence-corrected chi connectivity index (χ0v) is 7.60. The fourth-order valence-corrected chi connectivity index (χ4v) is 1.53. The zero-order chi connectivity index (χ0) is 10.7. The predicted molar refractivity (Wildman–Crippen MR) is 44.3 cm³/mol. The summed E-state index contributed by atoms with van der Waals surface area (Å²) in [6.45, 7) is 1.82. The van der Waals surface area contributed by atoms with E-state index in [1.54, 1.807) is 6.92 Å². The van der Waals surface area contributed by atoms with Crippen LogP contribution in [0.5, 0.6) is 0 Å². The van der Waals surface area contributed by atoms with Gasteiger partial charge in [-0.3, -0.25) is 14.4 Å². The number of β-lactam (4-membered cyclic amide) rings is 1. The third-order valence-corrected chi connectivity index (χ3v) is 2.23. The summed E-state index contributed by atoms with van der Waals surface area (Å²) < 4.78 is 4.59. The topological polar surface area (TPSA) is 92.7 Å². The maximum atomic E-state index is 11.0. The summed E-state index contributed by atoms with van der Waals surface area (Å²) in [6, 6.07) is -0.435. The summed E-state index contributed by atoms with van der Waals surface area (Å²) in [5.41, 5.74) is 0. The van der Waals surface area contributed by atoms with E-state index >= 15 is 0 Å². The van der Waals surface area contributed by atoms with E-state index in [4.69, 9.17) is 5.11 Å². The summed E-state index contributed by atoms with van der Waals surface area (Å²) >= 11 is 0. The van der Waals surface area contributed by atoms with E-state index in [1.807, 2.05) is 0 Å². The molecule has 0 bridgehead atoms. The van der Waals surface area contributed by atoms with Gasteiger partial charge in [-0.1, -0.05) is 0 Å². The number of carboxylic acid groups (broad SMARTS) is 1. The number of rotatable bonds is 5. The summed E-state index contributed by atoms with van der Waals surface area (Å²) in [5, 5.41) is 11.0. The minimum atomic E-state index is -0.988. The molecule has 78 valence electrons. The summed E-state index contributed by atoms with van der Waals surface area (Å²) in [4.78, 5) is 31.4. The van der Waals surface area contributed by atoms with Crippen LogP contribution in [0.25, 0.3) is 0 Å². The summed E-state index contributed by atoms with van der Waals surface area (Å²) in [5.74, 6) is -1.81. The molecule has 0 aliphatic carbocycles. The van der Waals surface area contributed by atoms with Gasteiger partial charge in [-0.2, -0.15) is 0 Å². The maximum Gasteiger partial charge on any atom is 0.305 e. The molecule has 1 saturated heterocycles. The molecule has 1 aliphatic rings. The molecular weight excluding hydrogens is 190 g/mol. The second-order valence-electron chi connectivity index (χ2n) is 3.18. The average Bonchev–Trinajstić information content (AvgIpc) is 2.02. The van der Waals surface area contributed by atoms with Gasteiger partial charge in [-0.15, -0.1) is 0 Å². The lowest BCUT2D eigenvalue weighted by Crippen LogP contribution is -2.62. The second-order valence-corrected chi connectivity index (χ2v) is 3.18. The molecule has 0 spiro atoms. The van der Waals surface area contributed by atoms with E-state index in [0.717, 1.165) is 0 Å². The average molecular weight is 201 g/mol. The molecule has 0 aromatic heterocycles. The van der Waals surface area contributed by atoms with Crippen molar-refractivity contribution >= 4 is 18.3 Å².